The van der Waals surface area contributed by atoms with E-state index >= 15 is 0 Å². The lowest BCUT2D eigenvalue weighted by Gasteiger charge is -2.08. The van der Waals surface area contributed by atoms with Crippen molar-refractivity contribution in [2.24, 2.45) is 0 Å². The summed E-state index contributed by atoms with van der Waals surface area (Å²) >= 11 is 7.71. The SMILES string of the molecule is Clc1cccc2nc(NCC3CCCO3)sc12. The lowest BCUT2D eigenvalue weighted by Crippen LogP contribution is -2.18. The van der Waals surface area contributed by atoms with Gasteiger partial charge in [0.25, 0.3) is 0 Å². The highest BCUT2D eigenvalue weighted by atomic mass is 35.5. The predicted molar refractivity (Wildman–Crippen MR) is 72.1 cm³/mol. The van der Waals surface area contributed by atoms with E-state index in [1.165, 1.54) is 0 Å². The molecule has 0 spiro atoms. The smallest absolute Gasteiger partial charge is 0.183 e. The minimum atomic E-state index is 0.331. The highest BCUT2D eigenvalue weighted by molar-refractivity contribution is 7.22. The number of anilines is 1. The Hall–Kier alpha value is -0.840. The van der Waals surface area contributed by atoms with E-state index in [0.717, 1.165) is 46.4 Å². The third-order valence-electron chi connectivity index (χ3n) is 2.87. The summed E-state index contributed by atoms with van der Waals surface area (Å²) < 4.78 is 6.61. The molecule has 2 heterocycles. The summed E-state index contributed by atoms with van der Waals surface area (Å²) in [6.07, 6.45) is 2.63. The highest BCUT2D eigenvalue weighted by Gasteiger charge is 2.15. The minimum absolute atomic E-state index is 0.331. The third kappa shape index (κ3) is 2.39. The Morgan fingerprint density at radius 2 is 2.47 bits per heavy atom. The first-order chi connectivity index (χ1) is 8.33. The highest BCUT2D eigenvalue weighted by Crippen LogP contribution is 2.31. The second-order valence-electron chi connectivity index (χ2n) is 4.12. The fourth-order valence-electron chi connectivity index (χ4n) is 2.00. The van der Waals surface area contributed by atoms with Crippen molar-refractivity contribution in [1.82, 2.24) is 4.98 Å². The van der Waals surface area contributed by atoms with Crippen molar-refractivity contribution in [1.29, 1.82) is 0 Å². The van der Waals surface area contributed by atoms with Crippen LogP contribution in [0, 0.1) is 0 Å². The maximum Gasteiger partial charge on any atom is 0.183 e. The number of nitrogens with one attached hydrogen (secondary N) is 1. The van der Waals surface area contributed by atoms with Crippen LogP contribution >= 0.6 is 22.9 Å². The van der Waals surface area contributed by atoms with E-state index in [0.29, 0.717) is 6.10 Å². The van der Waals surface area contributed by atoms with Gasteiger partial charge in [0.2, 0.25) is 0 Å². The molecular weight excluding hydrogens is 256 g/mol. The van der Waals surface area contributed by atoms with Crippen molar-refractivity contribution < 1.29 is 4.74 Å². The zero-order valence-electron chi connectivity index (χ0n) is 9.28. The standard InChI is InChI=1S/C12H13ClN2OS/c13-9-4-1-5-10-11(9)17-12(15-10)14-7-8-3-2-6-16-8/h1,4-5,8H,2-3,6-7H2,(H,14,15). The van der Waals surface area contributed by atoms with Crippen molar-refractivity contribution in [2.75, 3.05) is 18.5 Å². The number of rotatable bonds is 3. The maximum atomic E-state index is 6.12. The Bertz CT molecular complexity index is 522. The Morgan fingerprint density at radius 3 is 3.24 bits per heavy atom. The largest absolute Gasteiger partial charge is 0.376 e. The molecule has 1 atom stereocenters. The number of benzene rings is 1. The van der Waals surface area contributed by atoms with Gasteiger partial charge < -0.3 is 10.1 Å². The molecule has 1 aromatic carbocycles. The molecule has 2 aromatic rings. The minimum Gasteiger partial charge on any atom is -0.376 e. The van der Waals surface area contributed by atoms with Crippen LogP contribution in [0.2, 0.25) is 5.02 Å². The summed E-state index contributed by atoms with van der Waals surface area (Å²) in [4.78, 5) is 4.50. The molecule has 3 rings (SSSR count). The summed E-state index contributed by atoms with van der Waals surface area (Å²) in [6, 6.07) is 5.80. The number of hydrogen-bond donors (Lipinski definition) is 1. The van der Waals surface area contributed by atoms with E-state index in [9.17, 15) is 0 Å². The van der Waals surface area contributed by atoms with Crippen LogP contribution in [-0.2, 0) is 4.74 Å². The molecule has 1 aliphatic rings. The zero-order valence-corrected chi connectivity index (χ0v) is 10.9. The summed E-state index contributed by atoms with van der Waals surface area (Å²) in [6.45, 7) is 1.72. The number of ether oxygens (including phenoxy) is 1. The maximum absolute atomic E-state index is 6.12. The molecule has 17 heavy (non-hydrogen) atoms. The lowest BCUT2D eigenvalue weighted by atomic mass is 10.2. The van der Waals surface area contributed by atoms with Crippen LogP contribution in [0.5, 0.6) is 0 Å². The van der Waals surface area contributed by atoms with E-state index < -0.39 is 0 Å². The van der Waals surface area contributed by atoms with E-state index in [-0.39, 0.29) is 0 Å². The average Bonchev–Trinajstić information content (AvgIpc) is 2.95. The van der Waals surface area contributed by atoms with E-state index in [1.807, 2.05) is 18.2 Å². The van der Waals surface area contributed by atoms with Gasteiger partial charge in [0.15, 0.2) is 5.13 Å². The van der Waals surface area contributed by atoms with Crippen LogP contribution in [0.25, 0.3) is 10.2 Å². The quantitative estimate of drug-likeness (QED) is 0.925. The monoisotopic (exact) mass is 268 g/mol. The van der Waals surface area contributed by atoms with Gasteiger partial charge in [-0.1, -0.05) is 29.0 Å². The molecule has 0 radical (unpaired) electrons. The summed E-state index contributed by atoms with van der Waals surface area (Å²) in [7, 11) is 0. The molecule has 1 N–H and O–H groups in total. The Labute approximate surface area is 109 Å². The second kappa shape index (κ2) is 4.80. The fourth-order valence-corrected chi connectivity index (χ4v) is 3.16. The van der Waals surface area contributed by atoms with E-state index in [1.54, 1.807) is 11.3 Å². The molecular formula is C12H13ClN2OS. The number of halogens is 1. The number of hydrogen-bond acceptors (Lipinski definition) is 4. The van der Waals surface area contributed by atoms with Crippen LogP contribution in [0.3, 0.4) is 0 Å². The van der Waals surface area contributed by atoms with Gasteiger partial charge in [-0.05, 0) is 25.0 Å². The molecule has 1 aliphatic heterocycles. The number of nitrogens with zero attached hydrogens (tertiary/aromatic N) is 1. The topological polar surface area (TPSA) is 34.2 Å². The molecule has 1 fully saturated rings. The van der Waals surface area contributed by atoms with Crippen molar-refractivity contribution >= 4 is 38.3 Å². The van der Waals surface area contributed by atoms with Crippen LogP contribution in [-0.4, -0.2) is 24.2 Å². The molecule has 1 aromatic heterocycles. The van der Waals surface area contributed by atoms with Crippen molar-refractivity contribution in [2.45, 2.75) is 18.9 Å². The van der Waals surface area contributed by atoms with Gasteiger partial charge in [0, 0.05) is 13.2 Å². The first-order valence-electron chi connectivity index (χ1n) is 5.73. The first kappa shape index (κ1) is 11.3. The van der Waals surface area contributed by atoms with Gasteiger partial charge in [-0.15, -0.1) is 0 Å². The summed E-state index contributed by atoms with van der Waals surface area (Å²) in [5, 5.41) is 5.02. The molecule has 0 amide bonds. The van der Waals surface area contributed by atoms with Crippen LogP contribution < -0.4 is 5.32 Å². The average molecular weight is 269 g/mol. The van der Waals surface area contributed by atoms with Gasteiger partial charge in [-0.2, -0.15) is 0 Å². The normalized spacial score (nSPS) is 19.9. The van der Waals surface area contributed by atoms with Crippen LogP contribution in [0.15, 0.2) is 18.2 Å². The van der Waals surface area contributed by atoms with Crippen molar-refractivity contribution in [3.05, 3.63) is 23.2 Å². The third-order valence-corrected chi connectivity index (χ3v) is 4.36. The van der Waals surface area contributed by atoms with Gasteiger partial charge in [-0.3, -0.25) is 0 Å². The molecule has 0 aliphatic carbocycles. The Morgan fingerprint density at radius 1 is 1.53 bits per heavy atom. The predicted octanol–water partition coefficient (Wildman–Crippen LogP) is 3.54. The lowest BCUT2D eigenvalue weighted by molar-refractivity contribution is 0.120. The molecule has 0 saturated carbocycles. The second-order valence-corrected chi connectivity index (χ2v) is 5.53. The van der Waals surface area contributed by atoms with Gasteiger partial charge in [0.1, 0.15) is 0 Å². The molecule has 1 unspecified atom stereocenters. The molecule has 0 bridgehead atoms. The Kier molecular flexibility index (Phi) is 3.18. The molecule has 5 heteroatoms. The van der Waals surface area contributed by atoms with Crippen LogP contribution in [0.4, 0.5) is 5.13 Å². The zero-order chi connectivity index (χ0) is 11.7. The number of thiazole rings is 1. The number of fused-ring (bicyclic) bond motifs is 1. The van der Waals surface area contributed by atoms with E-state index in [2.05, 4.69) is 10.3 Å². The van der Waals surface area contributed by atoms with Crippen molar-refractivity contribution in [3.8, 4) is 0 Å². The van der Waals surface area contributed by atoms with Gasteiger partial charge >= 0.3 is 0 Å². The van der Waals surface area contributed by atoms with Crippen molar-refractivity contribution in [3.63, 3.8) is 0 Å². The first-order valence-corrected chi connectivity index (χ1v) is 6.93. The molecule has 3 nitrogen and oxygen atoms in total. The molecule has 1 saturated heterocycles. The van der Waals surface area contributed by atoms with E-state index in [4.69, 9.17) is 16.3 Å². The van der Waals surface area contributed by atoms with Gasteiger partial charge in [0.05, 0.1) is 21.3 Å². The Balaban J connectivity index is 1.74. The molecule has 90 valence electrons. The van der Waals surface area contributed by atoms with Crippen LogP contribution in [0.1, 0.15) is 12.8 Å². The summed E-state index contributed by atoms with van der Waals surface area (Å²) in [5.74, 6) is 0. The summed E-state index contributed by atoms with van der Waals surface area (Å²) in [5.41, 5.74) is 0.956. The fraction of sp³-hybridized carbons (Fsp3) is 0.417. The number of aromatic nitrogens is 1. The van der Waals surface area contributed by atoms with Gasteiger partial charge in [-0.25, -0.2) is 4.98 Å².